The van der Waals surface area contributed by atoms with Gasteiger partial charge in [-0.15, -0.1) is 0 Å². The van der Waals surface area contributed by atoms with Crippen molar-refractivity contribution in [1.82, 2.24) is 10.6 Å². The summed E-state index contributed by atoms with van der Waals surface area (Å²) < 4.78 is 5.55. The molecule has 1 aliphatic heterocycles. The van der Waals surface area contributed by atoms with E-state index in [1.54, 1.807) is 24.3 Å². The van der Waals surface area contributed by atoms with Crippen molar-refractivity contribution in [2.45, 2.75) is 25.9 Å². The first-order valence-corrected chi connectivity index (χ1v) is 9.83. The van der Waals surface area contributed by atoms with E-state index in [2.05, 4.69) is 10.6 Å². The molecular weight excluding hydrogens is 364 g/mol. The van der Waals surface area contributed by atoms with Gasteiger partial charge in [-0.05, 0) is 43.5 Å². The molecule has 150 valence electrons. The third-order valence-electron chi connectivity index (χ3n) is 4.67. The van der Waals surface area contributed by atoms with Crippen LogP contribution in [-0.2, 0) is 9.53 Å². The fourth-order valence-corrected chi connectivity index (χ4v) is 3.00. The normalized spacial score (nSPS) is 16.7. The average Bonchev–Trinajstić information content (AvgIpc) is 3.26. The third kappa shape index (κ3) is 6.43. The summed E-state index contributed by atoms with van der Waals surface area (Å²) in [6.07, 6.45) is 7.23. The second kappa shape index (κ2) is 10.4. The molecule has 0 bridgehead atoms. The van der Waals surface area contributed by atoms with Gasteiger partial charge in [0.2, 0.25) is 0 Å². The first kappa shape index (κ1) is 20.6. The summed E-state index contributed by atoms with van der Waals surface area (Å²) in [6.45, 7) is 3.12. The average molecular weight is 390 g/mol. The zero-order chi connectivity index (χ0) is 20.5. The lowest BCUT2D eigenvalue weighted by atomic mass is 10.1. The maximum absolute atomic E-state index is 12.7. The van der Waals surface area contributed by atoms with Gasteiger partial charge in [0.05, 0.1) is 6.10 Å². The summed E-state index contributed by atoms with van der Waals surface area (Å²) in [7, 11) is 0. The van der Waals surface area contributed by atoms with Gasteiger partial charge in [0.25, 0.3) is 11.8 Å². The van der Waals surface area contributed by atoms with Crippen LogP contribution in [0.5, 0.6) is 0 Å². The van der Waals surface area contributed by atoms with Gasteiger partial charge in [-0.3, -0.25) is 9.59 Å². The number of amides is 2. The van der Waals surface area contributed by atoms with Gasteiger partial charge < -0.3 is 15.4 Å². The zero-order valence-corrected chi connectivity index (χ0v) is 16.6. The van der Waals surface area contributed by atoms with Crippen molar-refractivity contribution in [2.24, 2.45) is 0 Å². The zero-order valence-electron chi connectivity index (χ0n) is 16.6. The van der Waals surface area contributed by atoms with Gasteiger partial charge in [0, 0.05) is 18.7 Å². The van der Waals surface area contributed by atoms with Crippen LogP contribution in [0.4, 0.5) is 0 Å². The van der Waals surface area contributed by atoms with E-state index in [4.69, 9.17) is 4.74 Å². The van der Waals surface area contributed by atoms with Crippen LogP contribution >= 0.6 is 0 Å². The van der Waals surface area contributed by atoms with Crippen LogP contribution in [0.3, 0.4) is 0 Å². The molecule has 0 aliphatic carbocycles. The molecule has 0 spiro atoms. The summed E-state index contributed by atoms with van der Waals surface area (Å²) in [5.41, 5.74) is 2.77. The van der Waals surface area contributed by atoms with E-state index in [0.717, 1.165) is 30.6 Å². The number of nitrogens with one attached hydrogen (secondary N) is 2. The Hall–Kier alpha value is -3.18. The Kier molecular flexibility index (Phi) is 7.36. The van der Waals surface area contributed by atoms with Crippen molar-refractivity contribution in [3.05, 3.63) is 89.1 Å². The van der Waals surface area contributed by atoms with Gasteiger partial charge >= 0.3 is 0 Å². The van der Waals surface area contributed by atoms with Crippen LogP contribution in [0.25, 0.3) is 6.08 Å². The Morgan fingerprint density at radius 2 is 1.86 bits per heavy atom. The largest absolute Gasteiger partial charge is 0.376 e. The van der Waals surface area contributed by atoms with Gasteiger partial charge in [0.1, 0.15) is 5.70 Å². The van der Waals surface area contributed by atoms with E-state index in [1.165, 1.54) is 0 Å². The molecule has 1 atom stereocenters. The lowest BCUT2D eigenvalue weighted by Crippen LogP contribution is -2.38. The van der Waals surface area contributed by atoms with Gasteiger partial charge in [-0.1, -0.05) is 60.2 Å². The molecule has 0 unspecified atom stereocenters. The predicted octanol–water partition coefficient (Wildman–Crippen LogP) is 3.62. The molecule has 0 radical (unpaired) electrons. The van der Waals surface area contributed by atoms with Crippen LogP contribution in [-0.4, -0.2) is 31.1 Å². The van der Waals surface area contributed by atoms with E-state index < -0.39 is 0 Å². The summed E-state index contributed by atoms with van der Waals surface area (Å²) in [6, 6.07) is 17.0. The van der Waals surface area contributed by atoms with Crippen molar-refractivity contribution in [3.63, 3.8) is 0 Å². The number of allylic oxidation sites excluding steroid dienone is 2. The molecule has 2 N–H and O–H groups in total. The second-order valence-electron chi connectivity index (χ2n) is 7.02. The number of benzene rings is 2. The van der Waals surface area contributed by atoms with Gasteiger partial charge in [0.15, 0.2) is 0 Å². The van der Waals surface area contributed by atoms with Crippen LogP contribution in [0, 0.1) is 6.92 Å². The van der Waals surface area contributed by atoms with Crippen molar-refractivity contribution < 1.29 is 14.3 Å². The molecule has 1 heterocycles. The quantitative estimate of drug-likeness (QED) is 0.561. The van der Waals surface area contributed by atoms with E-state index >= 15 is 0 Å². The molecular formula is C24H26N2O3. The van der Waals surface area contributed by atoms with E-state index in [0.29, 0.717) is 12.1 Å². The summed E-state index contributed by atoms with van der Waals surface area (Å²) in [5, 5.41) is 5.59. The molecule has 29 heavy (non-hydrogen) atoms. The Bertz CT molecular complexity index is 880. The molecule has 1 saturated heterocycles. The number of rotatable bonds is 7. The number of ether oxygens (including phenoxy) is 1. The molecule has 0 aromatic heterocycles. The Labute approximate surface area is 171 Å². The van der Waals surface area contributed by atoms with Crippen LogP contribution < -0.4 is 10.6 Å². The standard InChI is InChI=1S/C24H26N2O3/c1-18-12-14-20(15-13-18)23(27)26-22(11-5-9-19-7-3-2-4-8-19)24(28)25-17-21-10-6-16-29-21/h2-5,7-9,11-15,21H,6,10,16-17H2,1H3,(H,25,28)(H,26,27)/b9-5-,22-11-/t21-/m1/s1. The fourth-order valence-electron chi connectivity index (χ4n) is 3.00. The Balaban J connectivity index is 1.71. The highest BCUT2D eigenvalue weighted by Crippen LogP contribution is 2.11. The highest BCUT2D eigenvalue weighted by atomic mass is 16.5. The third-order valence-corrected chi connectivity index (χ3v) is 4.67. The minimum atomic E-state index is -0.335. The van der Waals surface area contributed by atoms with Gasteiger partial charge in [-0.2, -0.15) is 0 Å². The molecule has 0 saturated carbocycles. The second-order valence-corrected chi connectivity index (χ2v) is 7.02. The summed E-state index contributed by atoms with van der Waals surface area (Å²) in [4.78, 5) is 25.3. The van der Waals surface area contributed by atoms with E-state index in [-0.39, 0.29) is 23.6 Å². The fraction of sp³-hybridized carbons (Fsp3) is 0.250. The van der Waals surface area contributed by atoms with E-state index in [9.17, 15) is 9.59 Å². The predicted molar refractivity (Wildman–Crippen MR) is 114 cm³/mol. The SMILES string of the molecule is Cc1ccc(C(=O)N/C(=C\C=C/c2ccccc2)C(=O)NC[C@H]2CCCO2)cc1. The van der Waals surface area contributed by atoms with Crippen molar-refractivity contribution in [1.29, 1.82) is 0 Å². The van der Waals surface area contributed by atoms with Crippen LogP contribution in [0.15, 0.2) is 72.4 Å². The molecule has 1 fully saturated rings. The summed E-state index contributed by atoms with van der Waals surface area (Å²) >= 11 is 0. The number of hydrogen-bond acceptors (Lipinski definition) is 3. The number of carbonyl (C=O) groups excluding carboxylic acids is 2. The maximum atomic E-state index is 12.7. The Morgan fingerprint density at radius 3 is 2.55 bits per heavy atom. The van der Waals surface area contributed by atoms with Crippen molar-refractivity contribution in [2.75, 3.05) is 13.2 Å². The van der Waals surface area contributed by atoms with Crippen molar-refractivity contribution in [3.8, 4) is 0 Å². The Morgan fingerprint density at radius 1 is 1.10 bits per heavy atom. The molecule has 1 aliphatic rings. The number of aryl methyl sites for hydroxylation is 1. The topological polar surface area (TPSA) is 67.4 Å². The number of hydrogen-bond donors (Lipinski definition) is 2. The first-order valence-electron chi connectivity index (χ1n) is 9.83. The minimum Gasteiger partial charge on any atom is -0.376 e. The molecule has 5 nitrogen and oxygen atoms in total. The molecule has 5 heteroatoms. The highest BCUT2D eigenvalue weighted by molar-refractivity contribution is 6.03. The monoisotopic (exact) mass is 390 g/mol. The van der Waals surface area contributed by atoms with Crippen molar-refractivity contribution >= 4 is 17.9 Å². The molecule has 2 amide bonds. The molecule has 3 rings (SSSR count). The lowest BCUT2D eigenvalue weighted by molar-refractivity contribution is -0.118. The minimum absolute atomic E-state index is 0.0351. The first-order chi connectivity index (χ1) is 14.1. The highest BCUT2D eigenvalue weighted by Gasteiger charge is 2.18. The molecule has 2 aromatic carbocycles. The van der Waals surface area contributed by atoms with E-state index in [1.807, 2.05) is 55.5 Å². The smallest absolute Gasteiger partial charge is 0.267 e. The maximum Gasteiger partial charge on any atom is 0.267 e. The van der Waals surface area contributed by atoms with Gasteiger partial charge in [-0.25, -0.2) is 0 Å². The van der Waals surface area contributed by atoms with Crippen LogP contribution in [0.1, 0.15) is 34.3 Å². The molecule has 2 aromatic rings. The lowest BCUT2D eigenvalue weighted by Gasteiger charge is -2.13. The number of carbonyl (C=O) groups is 2. The summed E-state index contributed by atoms with van der Waals surface area (Å²) in [5.74, 6) is -0.657. The van der Waals surface area contributed by atoms with Crippen LogP contribution in [0.2, 0.25) is 0 Å².